The zero-order valence-corrected chi connectivity index (χ0v) is 22.9. The van der Waals surface area contributed by atoms with Crippen molar-refractivity contribution in [1.82, 2.24) is 9.21 Å². The average molecular weight is 535 g/mol. The number of thiophene rings is 1. The average Bonchev–Trinajstić information content (AvgIpc) is 3.40. The van der Waals surface area contributed by atoms with Crippen molar-refractivity contribution in [3.05, 3.63) is 98.6 Å². The van der Waals surface area contributed by atoms with Crippen molar-refractivity contribution in [1.29, 1.82) is 0 Å². The molecule has 7 heteroatoms. The van der Waals surface area contributed by atoms with E-state index in [1.54, 1.807) is 17.4 Å². The van der Waals surface area contributed by atoms with Gasteiger partial charge in [-0.25, -0.2) is 8.42 Å². The Labute approximate surface area is 224 Å². The third kappa shape index (κ3) is 5.74. The minimum absolute atomic E-state index is 0.131. The highest BCUT2D eigenvalue weighted by atomic mass is 32.2. The Morgan fingerprint density at radius 2 is 1.73 bits per heavy atom. The number of hydrogen-bond donors (Lipinski definition) is 0. The van der Waals surface area contributed by atoms with Crippen LogP contribution in [0.4, 0.5) is 0 Å². The van der Waals surface area contributed by atoms with Gasteiger partial charge in [0.25, 0.3) is 0 Å². The van der Waals surface area contributed by atoms with Gasteiger partial charge in [-0.1, -0.05) is 73.9 Å². The van der Waals surface area contributed by atoms with Crippen LogP contribution in [-0.4, -0.2) is 42.7 Å². The number of sulfonamides is 1. The number of hydrogen-bond acceptors (Lipinski definition) is 4. The number of nitrogens with zero attached hydrogens (tertiary/aromatic N) is 2. The van der Waals surface area contributed by atoms with Crippen LogP contribution >= 0.6 is 11.3 Å². The Kier molecular flexibility index (Phi) is 7.93. The van der Waals surface area contributed by atoms with E-state index >= 15 is 0 Å². The van der Waals surface area contributed by atoms with Crippen LogP contribution in [0.3, 0.4) is 0 Å². The van der Waals surface area contributed by atoms with Crippen LogP contribution in [0.15, 0.2) is 71.5 Å². The van der Waals surface area contributed by atoms with Crippen LogP contribution in [0.25, 0.3) is 6.08 Å². The molecule has 1 atom stereocenters. The number of benzene rings is 2. The number of rotatable bonds is 7. The molecule has 0 N–H and O–H groups in total. The largest absolute Gasteiger partial charge is 0.330 e. The first kappa shape index (κ1) is 25.9. The van der Waals surface area contributed by atoms with Crippen LogP contribution < -0.4 is 0 Å². The maximum Gasteiger partial charge on any atom is 0.238 e. The van der Waals surface area contributed by atoms with E-state index < -0.39 is 10.0 Å². The second kappa shape index (κ2) is 11.3. The van der Waals surface area contributed by atoms with Crippen molar-refractivity contribution in [3.8, 4) is 0 Å². The van der Waals surface area contributed by atoms with E-state index in [1.165, 1.54) is 14.6 Å². The summed E-state index contributed by atoms with van der Waals surface area (Å²) in [4.78, 5) is 17.2. The van der Waals surface area contributed by atoms with Crippen LogP contribution in [0.1, 0.15) is 65.3 Å². The van der Waals surface area contributed by atoms with E-state index in [9.17, 15) is 13.2 Å². The van der Waals surface area contributed by atoms with Gasteiger partial charge in [0.2, 0.25) is 15.9 Å². The molecule has 0 spiro atoms. The first-order valence-electron chi connectivity index (χ1n) is 13.1. The molecule has 1 aliphatic heterocycles. The number of carbonyl (C=O) groups is 1. The number of fused-ring (bicyclic) bond motifs is 1. The summed E-state index contributed by atoms with van der Waals surface area (Å²) in [7, 11) is -3.79. The predicted octanol–water partition coefficient (Wildman–Crippen LogP) is 6.17. The van der Waals surface area contributed by atoms with E-state index in [4.69, 9.17) is 0 Å². The topological polar surface area (TPSA) is 57.7 Å². The van der Waals surface area contributed by atoms with Gasteiger partial charge in [0.1, 0.15) is 0 Å². The van der Waals surface area contributed by atoms with Crippen molar-refractivity contribution in [2.75, 3.05) is 13.1 Å². The lowest BCUT2D eigenvalue weighted by molar-refractivity contribution is -0.133. The molecule has 2 heterocycles. The Morgan fingerprint density at radius 3 is 2.49 bits per heavy atom. The fraction of sp³-hybridized carbons (Fsp3) is 0.367. The molecule has 3 aromatic rings. The third-order valence-corrected chi connectivity index (χ3v) is 10.2. The normalized spacial score (nSPS) is 18.9. The van der Waals surface area contributed by atoms with Crippen LogP contribution in [0.5, 0.6) is 0 Å². The summed E-state index contributed by atoms with van der Waals surface area (Å²) in [5.74, 6) is -0.132. The lowest BCUT2D eigenvalue weighted by Crippen LogP contribution is -2.49. The highest BCUT2D eigenvalue weighted by molar-refractivity contribution is 7.92. The second-order valence-corrected chi connectivity index (χ2v) is 12.8. The molecule has 1 saturated carbocycles. The summed E-state index contributed by atoms with van der Waals surface area (Å²) in [5.41, 5.74) is 4.22. The molecule has 0 bridgehead atoms. The summed E-state index contributed by atoms with van der Waals surface area (Å²) in [6, 6.07) is 19.4. The third-order valence-electron chi connectivity index (χ3n) is 7.60. The fourth-order valence-corrected chi connectivity index (χ4v) is 7.95. The van der Waals surface area contributed by atoms with Gasteiger partial charge >= 0.3 is 0 Å². The molecule has 37 heavy (non-hydrogen) atoms. The summed E-state index contributed by atoms with van der Waals surface area (Å²) < 4.78 is 28.8. The lowest BCUT2D eigenvalue weighted by atomic mass is 9.90. The molecule has 2 aromatic carbocycles. The monoisotopic (exact) mass is 534 g/mol. The Hall–Kier alpha value is -2.74. The fourth-order valence-electron chi connectivity index (χ4n) is 5.64. The van der Waals surface area contributed by atoms with E-state index in [2.05, 4.69) is 30.5 Å². The maximum absolute atomic E-state index is 14.0. The molecule has 1 aromatic heterocycles. The lowest BCUT2D eigenvalue weighted by Gasteiger charge is -2.39. The van der Waals surface area contributed by atoms with E-state index in [0.717, 1.165) is 60.8 Å². The maximum atomic E-state index is 14.0. The van der Waals surface area contributed by atoms with Gasteiger partial charge < -0.3 is 4.90 Å². The van der Waals surface area contributed by atoms with Gasteiger partial charge in [-0.3, -0.25) is 4.79 Å². The van der Waals surface area contributed by atoms with Crippen LogP contribution in [-0.2, 0) is 21.2 Å². The van der Waals surface area contributed by atoms with E-state index in [-0.39, 0.29) is 24.5 Å². The van der Waals surface area contributed by atoms with Gasteiger partial charge in [-0.05, 0) is 66.0 Å². The second-order valence-electron chi connectivity index (χ2n) is 9.99. The molecule has 5 nitrogen and oxygen atoms in total. The molecule has 0 saturated heterocycles. The molecule has 194 valence electrons. The van der Waals surface area contributed by atoms with Crippen molar-refractivity contribution in [3.63, 3.8) is 0 Å². The molecule has 1 amide bonds. The van der Waals surface area contributed by atoms with Crippen molar-refractivity contribution in [2.24, 2.45) is 0 Å². The van der Waals surface area contributed by atoms with Crippen LogP contribution in [0.2, 0.25) is 0 Å². The van der Waals surface area contributed by atoms with Crippen molar-refractivity contribution in [2.45, 2.75) is 57.5 Å². The van der Waals surface area contributed by atoms with E-state index in [1.807, 2.05) is 47.4 Å². The summed E-state index contributed by atoms with van der Waals surface area (Å²) >= 11 is 1.74. The molecular weight excluding hydrogens is 500 g/mol. The Balaban J connectivity index is 1.46. The van der Waals surface area contributed by atoms with Gasteiger partial charge in [0.05, 0.1) is 12.6 Å². The zero-order valence-electron chi connectivity index (χ0n) is 21.3. The highest BCUT2D eigenvalue weighted by Gasteiger charge is 2.37. The first-order chi connectivity index (χ1) is 17.9. The van der Waals surface area contributed by atoms with Crippen LogP contribution in [0, 0.1) is 6.92 Å². The summed E-state index contributed by atoms with van der Waals surface area (Å²) in [5, 5.41) is 3.37. The summed E-state index contributed by atoms with van der Waals surface area (Å²) in [6.07, 6.45) is 7.10. The van der Waals surface area contributed by atoms with Gasteiger partial charge in [-0.2, -0.15) is 4.31 Å². The Morgan fingerprint density at radius 1 is 1.00 bits per heavy atom. The molecule has 1 fully saturated rings. The van der Waals surface area contributed by atoms with Gasteiger partial charge in [-0.15, -0.1) is 11.3 Å². The SMILES string of the molecule is Cc1ccccc1C1c2ccsc2CCN1C(=O)CN(C1CCCCC1)S(=O)(=O)C=Cc1ccccc1. The smallest absolute Gasteiger partial charge is 0.238 e. The highest BCUT2D eigenvalue weighted by Crippen LogP contribution is 2.39. The molecule has 5 rings (SSSR count). The Bertz CT molecular complexity index is 1360. The number of carbonyl (C=O) groups excluding carboxylic acids is 1. The number of amides is 1. The minimum Gasteiger partial charge on any atom is -0.330 e. The van der Waals surface area contributed by atoms with Crippen molar-refractivity contribution >= 4 is 33.3 Å². The molecule has 1 aliphatic carbocycles. The van der Waals surface area contributed by atoms with Crippen molar-refractivity contribution < 1.29 is 13.2 Å². The molecule has 0 radical (unpaired) electrons. The molecule has 1 unspecified atom stereocenters. The molecule has 2 aliphatic rings. The first-order valence-corrected chi connectivity index (χ1v) is 15.5. The predicted molar refractivity (Wildman–Crippen MR) is 151 cm³/mol. The van der Waals surface area contributed by atoms with Gasteiger partial charge in [0.15, 0.2) is 0 Å². The minimum atomic E-state index is -3.79. The molecular formula is C30H34N2O3S2. The number of aryl methyl sites for hydroxylation is 1. The van der Waals surface area contributed by atoms with Gasteiger partial charge in [0, 0.05) is 22.9 Å². The summed E-state index contributed by atoms with van der Waals surface area (Å²) in [6.45, 7) is 2.53. The van der Waals surface area contributed by atoms with E-state index in [0.29, 0.717) is 6.54 Å². The zero-order chi connectivity index (χ0) is 25.8. The standard InChI is InChI=1S/C30H34N2O3S2/c1-23-10-8-9-15-26(23)30-27-17-20-36-28(27)16-19-31(30)29(33)22-32(25-13-6-3-7-14-25)37(34,35)21-18-24-11-4-2-5-12-24/h2,4-5,8-12,15,17-18,20-21,25,30H,3,6-7,13-14,16,19,22H2,1H3. The quantitative estimate of drug-likeness (QED) is 0.364.